The van der Waals surface area contributed by atoms with Crippen molar-refractivity contribution in [3.05, 3.63) is 96.1 Å². The highest BCUT2D eigenvalue weighted by Crippen LogP contribution is 2.30. The van der Waals surface area contributed by atoms with Crippen molar-refractivity contribution in [3.63, 3.8) is 0 Å². The number of para-hydroxylation sites is 1. The average Bonchev–Trinajstić information content (AvgIpc) is 2.82. The van der Waals surface area contributed by atoms with Gasteiger partial charge >= 0.3 is 5.97 Å². The van der Waals surface area contributed by atoms with Gasteiger partial charge in [-0.25, -0.2) is 9.78 Å². The van der Waals surface area contributed by atoms with Crippen molar-refractivity contribution in [2.24, 2.45) is 0 Å². The summed E-state index contributed by atoms with van der Waals surface area (Å²) in [6.07, 6.45) is 0. The molecule has 0 radical (unpaired) electrons. The van der Waals surface area contributed by atoms with Crippen LogP contribution in [0.15, 0.2) is 84.9 Å². The zero-order valence-corrected chi connectivity index (χ0v) is 16.8. The first-order chi connectivity index (χ1) is 15.1. The minimum absolute atomic E-state index is 0.0306. The molecule has 2 N–H and O–H groups in total. The van der Waals surface area contributed by atoms with Gasteiger partial charge in [-0.05, 0) is 17.7 Å². The van der Waals surface area contributed by atoms with Crippen molar-refractivity contribution < 1.29 is 19.4 Å². The lowest BCUT2D eigenvalue weighted by atomic mass is 10.0. The van der Waals surface area contributed by atoms with E-state index >= 15 is 0 Å². The van der Waals surface area contributed by atoms with Crippen LogP contribution in [0, 0.1) is 0 Å². The molecule has 0 aliphatic carbocycles. The molecule has 154 valence electrons. The summed E-state index contributed by atoms with van der Waals surface area (Å²) >= 11 is 0. The van der Waals surface area contributed by atoms with Crippen LogP contribution in [0.2, 0.25) is 0 Å². The fourth-order valence-corrected chi connectivity index (χ4v) is 3.43. The van der Waals surface area contributed by atoms with E-state index in [1.165, 1.54) is 13.2 Å². The number of methoxy groups -OCH3 is 1. The lowest BCUT2D eigenvalue weighted by Gasteiger charge is -2.18. The van der Waals surface area contributed by atoms with E-state index in [1.807, 2.05) is 36.4 Å². The molecular weight excluding hydrogens is 392 g/mol. The molecule has 0 aliphatic heterocycles. The van der Waals surface area contributed by atoms with Crippen LogP contribution >= 0.6 is 0 Å². The van der Waals surface area contributed by atoms with Crippen LogP contribution in [0.5, 0.6) is 5.75 Å². The Bertz CT molecular complexity index is 1240. The standard InChI is InChI=1S/C25H20N2O4/c1-31-25(30)22(17-11-6-3-7-12-17)27-24(29)19-15-20(16-9-4-2-5-10-16)26-23-18(19)13-8-14-21(23)28/h2-15,22,28H,1H3,(H,27,29)/t22-/m1/s1. The zero-order chi connectivity index (χ0) is 21.8. The van der Waals surface area contributed by atoms with Gasteiger partial charge in [0.2, 0.25) is 0 Å². The molecule has 31 heavy (non-hydrogen) atoms. The minimum atomic E-state index is -0.973. The number of nitrogens with zero attached hydrogens (tertiary/aromatic N) is 1. The Hall–Kier alpha value is -4.19. The molecule has 0 spiro atoms. The van der Waals surface area contributed by atoms with Crippen molar-refractivity contribution in [1.82, 2.24) is 10.3 Å². The van der Waals surface area contributed by atoms with Gasteiger partial charge in [-0.2, -0.15) is 0 Å². The Labute approximate surface area is 179 Å². The van der Waals surface area contributed by atoms with Gasteiger partial charge < -0.3 is 15.2 Å². The maximum Gasteiger partial charge on any atom is 0.333 e. The molecule has 0 fully saturated rings. The first-order valence-corrected chi connectivity index (χ1v) is 9.70. The van der Waals surface area contributed by atoms with Crippen LogP contribution in [-0.2, 0) is 9.53 Å². The van der Waals surface area contributed by atoms with Gasteiger partial charge in [-0.3, -0.25) is 4.79 Å². The number of fused-ring (bicyclic) bond motifs is 1. The topological polar surface area (TPSA) is 88.5 Å². The molecule has 0 bridgehead atoms. The molecule has 0 aliphatic rings. The lowest BCUT2D eigenvalue weighted by Crippen LogP contribution is -2.34. The third-order valence-electron chi connectivity index (χ3n) is 4.98. The third-order valence-corrected chi connectivity index (χ3v) is 4.98. The molecule has 3 aromatic carbocycles. The second-order valence-corrected chi connectivity index (χ2v) is 6.93. The number of esters is 1. The van der Waals surface area contributed by atoms with Crippen molar-refractivity contribution in [2.45, 2.75) is 6.04 Å². The molecule has 0 saturated carbocycles. The van der Waals surface area contributed by atoms with Crippen LogP contribution in [-0.4, -0.2) is 29.1 Å². The first kappa shape index (κ1) is 20.1. The predicted molar refractivity (Wildman–Crippen MR) is 118 cm³/mol. The van der Waals surface area contributed by atoms with E-state index in [2.05, 4.69) is 10.3 Å². The van der Waals surface area contributed by atoms with Crippen molar-refractivity contribution in [3.8, 4) is 17.0 Å². The number of phenolic OH excluding ortho intramolecular Hbond substituents is 1. The maximum absolute atomic E-state index is 13.3. The number of pyridine rings is 1. The number of amides is 1. The van der Waals surface area contributed by atoms with E-state index in [4.69, 9.17) is 4.74 Å². The van der Waals surface area contributed by atoms with Crippen LogP contribution in [0.4, 0.5) is 0 Å². The summed E-state index contributed by atoms with van der Waals surface area (Å²) < 4.78 is 4.90. The van der Waals surface area contributed by atoms with E-state index in [-0.39, 0.29) is 5.75 Å². The first-order valence-electron chi connectivity index (χ1n) is 9.70. The van der Waals surface area contributed by atoms with E-state index in [9.17, 15) is 14.7 Å². The third kappa shape index (κ3) is 4.09. The van der Waals surface area contributed by atoms with E-state index in [1.54, 1.807) is 42.5 Å². The fraction of sp³-hybridized carbons (Fsp3) is 0.0800. The van der Waals surface area contributed by atoms with Gasteiger partial charge in [0.15, 0.2) is 6.04 Å². The summed E-state index contributed by atoms with van der Waals surface area (Å²) in [6, 6.07) is 23.8. The highest BCUT2D eigenvalue weighted by molar-refractivity contribution is 6.09. The van der Waals surface area contributed by atoms with Crippen molar-refractivity contribution in [2.75, 3.05) is 7.11 Å². The largest absolute Gasteiger partial charge is 0.506 e. The van der Waals surface area contributed by atoms with E-state index in [0.29, 0.717) is 27.7 Å². The van der Waals surface area contributed by atoms with Gasteiger partial charge in [0, 0.05) is 10.9 Å². The van der Waals surface area contributed by atoms with Gasteiger partial charge in [0.05, 0.1) is 18.4 Å². The summed E-state index contributed by atoms with van der Waals surface area (Å²) in [5.41, 5.74) is 2.54. The number of benzene rings is 3. The van der Waals surface area contributed by atoms with Crippen LogP contribution in [0.1, 0.15) is 22.0 Å². The number of hydrogen-bond donors (Lipinski definition) is 2. The zero-order valence-electron chi connectivity index (χ0n) is 16.8. The Balaban J connectivity index is 1.81. The second-order valence-electron chi connectivity index (χ2n) is 6.93. The van der Waals surface area contributed by atoms with Crippen LogP contribution < -0.4 is 5.32 Å². The number of rotatable bonds is 5. The summed E-state index contributed by atoms with van der Waals surface area (Å²) in [7, 11) is 1.28. The quantitative estimate of drug-likeness (QED) is 0.479. The Morgan fingerprint density at radius 3 is 2.29 bits per heavy atom. The molecule has 4 aromatic rings. The Morgan fingerprint density at radius 1 is 0.935 bits per heavy atom. The van der Waals surface area contributed by atoms with Gasteiger partial charge in [-0.1, -0.05) is 72.8 Å². The number of nitrogens with one attached hydrogen (secondary N) is 1. The van der Waals surface area contributed by atoms with E-state index < -0.39 is 17.9 Å². The second kappa shape index (κ2) is 8.67. The molecule has 0 saturated heterocycles. The van der Waals surface area contributed by atoms with Gasteiger partial charge in [0.25, 0.3) is 5.91 Å². The fourth-order valence-electron chi connectivity index (χ4n) is 3.43. The molecule has 1 aromatic heterocycles. The number of ether oxygens (including phenoxy) is 1. The Kier molecular flexibility index (Phi) is 5.62. The van der Waals surface area contributed by atoms with Crippen LogP contribution in [0.25, 0.3) is 22.2 Å². The van der Waals surface area contributed by atoms with Crippen LogP contribution in [0.3, 0.4) is 0 Å². The maximum atomic E-state index is 13.3. The van der Waals surface area contributed by atoms with Gasteiger partial charge in [0.1, 0.15) is 11.3 Å². The molecule has 1 heterocycles. The molecule has 4 rings (SSSR count). The van der Waals surface area contributed by atoms with Gasteiger partial charge in [-0.15, -0.1) is 0 Å². The SMILES string of the molecule is COC(=O)[C@H](NC(=O)c1cc(-c2ccccc2)nc2c(O)cccc12)c1ccccc1. The molecule has 6 nitrogen and oxygen atoms in total. The predicted octanol–water partition coefficient (Wildman–Crippen LogP) is 4.25. The average molecular weight is 412 g/mol. The molecule has 6 heteroatoms. The highest BCUT2D eigenvalue weighted by Gasteiger charge is 2.25. The molecular formula is C25H20N2O4. The summed E-state index contributed by atoms with van der Waals surface area (Å²) in [5.74, 6) is -1.09. The Morgan fingerprint density at radius 2 is 1.61 bits per heavy atom. The normalized spacial score (nSPS) is 11.6. The number of aromatic hydroxyl groups is 1. The number of hydrogen-bond acceptors (Lipinski definition) is 5. The van der Waals surface area contributed by atoms with Crippen molar-refractivity contribution >= 4 is 22.8 Å². The summed E-state index contributed by atoms with van der Waals surface area (Å²) in [4.78, 5) is 30.3. The molecule has 1 atom stereocenters. The number of carbonyl (C=O) groups is 2. The van der Waals surface area contributed by atoms with E-state index in [0.717, 1.165) is 5.56 Å². The molecule has 0 unspecified atom stereocenters. The molecule has 1 amide bonds. The number of aromatic nitrogens is 1. The minimum Gasteiger partial charge on any atom is -0.506 e. The van der Waals surface area contributed by atoms with Crippen molar-refractivity contribution in [1.29, 1.82) is 0 Å². The monoisotopic (exact) mass is 412 g/mol. The number of carbonyl (C=O) groups excluding carboxylic acids is 2. The number of phenols is 1. The summed E-state index contributed by atoms with van der Waals surface area (Å²) in [6.45, 7) is 0. The summed E-state index contributed by atoms with van der Waals surface area (Å²) in [5, 5.41) is 13.6. The highest BCUT2D eigenvalue weighted by atomic mass is 16.5. The lowest BCUT2D eigenvalue weighted by molar-refractivity contribution is -0.143. The smallest absolute Gasteiger partial charge is 0.333 e.